The van der Waals surface area contributed by atoms with Crippen molar-refractivity contribution >= 4 is 0 Å². The van der Waals surface area contributed by atoms with E-state index in [-0.39, 0.29) is 16.9 Å². The average molecular weight is 406 g/mol. The minimum absolute atomic E-state index is 0.00907. The molecular weight excluding hydrogens is 387 g/mol. The second-order valence-electron chi connectivity index (χ2n) is 6.57. The van der Waals surface area contributed by atoms with Crippen molar-refractivity contribution in [1.82, 2.24) is 0 Å². The molecule has 0 aliphatic heterocycles. The van der Waals surface area contributed by atoms with Crippen molar-refractivity contribution in [2.45, 2.75) is 26.2 Å². The molecule has 0 fully saturated rings. The van der Waals surface area contributed by atoms with Crippen molar-refractivity contribution in [2.24, 2.45) is 0 Å². The topological polar surface area (TPSA) is 9.23 Å². The van der Waals surface area contributed by atoms with Crippen LogP contribution in [0.3, 0.4) is 0 Å². The van der Waals surface area contributed by atoms with Gasteiger partial charge in [-0.1, -0.05) is 49.7 Å². The van der Waals surface area contributed by atoms with Gasteiger partial charge >= 0.3 is 0 Å². The van der Waals surface area contributed by atoms with Crippen LogP contribution in [0.15, 0.2) is 48.5 Å². The summed E-state index contributed by atoms with van der Waals surface area (Å²) in [5.74, 6) is -3.23. The molecule has 0 aliphatic carbocycles. The number of ether oxygens (including phenoxy) is 1. The van der Waals surface area contributed by atoms with Crippen LogP contribution in [0.2, 0.25) is 0 Å². The van der Waals surface area contributed by atoms with Crippen molar-refractivity contribution < 1.29 is 26.7 Å². The third-order valence-electron chi connectivity index (χ3n) is 4.77. The summed E-state index contributed by atoms with van der Waals surface area (Å²) in [5, 5.41) is 0. The van der Waals surface area contributed by atoms with Crippen molar-refractivity contribution in [3.63, 3.8) is 0 Å². The van der Waals surface area contributed by atoms with Crippen LogP contribution in [0.4, 0.5) is 22.0 Å². The Morgan fingerprint density at radius 2 is 1.34 bits per heavy atom. The average Bonchev–Trinajstić information content (AvgIpc) is 2.71. The molecule has 3 aromatic carbocycles. The zero-order valence-electron chi connectivity index (χ0n) is 15.9. The van der Waals surface area contributed by atoms with Crippen LogP contribution in [0.1, 0.15) is 30.9 Å². The predicted octanol–water partition coefficient (Wildman–Crippen LogP) is 7.34. The highest BCUT2D eigenvalue weighted by atomic mass is 19.3. The molecule has 0 aliphatic rings. The lowest BCUT2D eigenvalue weighted by Gasteiger charge is -2.14. The van der Waals surface area contributed by atoms with Gasteiger partial charge in [0.25, 0.3) is 6.43 Å². The van der Waals surface area contributed by atoms with E-state index < -0.39 is 29.4 Å². The van der Waals surface area contributed by atoms with E-state index in [1.165, 1.54) is 49.6 Å². The Bertz CT molecular complexity index is 1010. The molecule has 0 saturated carbocycles. The van der Waals surface area contributed by atoms with Crippen molar-refractivity contribution in [1.29, 1.82) is 0 Å². The Balaban J connectivity index is 2.02. The fraction of sp³-hybridized carbons (Fsp3) is 0.217. The SMILES string of the molecule is CCCc1ccc(-c2ccc(-c3ccc(OC)c(F)c3C(F)F)cc2)c(F)c1F. The molecule has 0 N–H and O–H groups in total. The van der Waals surface area contributed by atoms with Gasteiger partial charge in [-0.2, -0.15) is 0 Å². The van der Waals surface area contributed by atoms with Crippen molar-refractivity contribution in [3.8, 4) is 28.0 Å². The van der Waals surface area contributed by atoms with Crippen LogP contribution < -0.4 is 4.74 Å². The third kappa shape index (κ3) is 3.97. The van der Waals surface area contributed by atoms with E-state index in [0.717, 1.165) is 0 Å². The van der Waals surface area contributed by atoms with E-state index in [4.69, 9.17) is 4.74 Å². The molecule has 0 aromatic heterocycles. The first kappa shape index (κ1) is 20.8. The number of methoxy groups -OCH3 is 1. The highest BCUT2D eigenvalue weighted by Gasteiger charge is 2.23. The van der Waals surface area contributed by atoms with Gasteiger partial charge in [0, 0.05) is 5.56 Å². The Labute approximate surface area is 165 Å². The predicted molar refractivity (Wildman–Crippen MR) is 103 cm³/mol. The number of benzene rings is 3. The monoisotopic (exact) mass is 406 g/mol. The maximum absolute atomic E-state index is 14.5. The molecule has 152 valence electrons. The van der Waals surface area contributed by atoms with Gasteiger partial charge in [-0.15, -0.1) is 0 Å². The number of halogens is 5. The first-order chi connectivity index (χ1) is 13.9. The number of alkyl halides is 2. The van der Waals surface area contributed by atoms with Crippen LogP contribution in [0.5, 0.6) is 5.75 Å². The van der Waals surface area contributed by atoms with Crippen molar-refractivity contribution in [2.75, 3.05) is 7.11 Å². The molecule has 3 rings (SSSR count). The highest BCUT2D eigenvalue weighted by molar-refractivity contribution is 5.73. The third-order valence-corrected chi connectivity index (χ3v) is 4.77. The van der Waals surface area contributed by atoms with Gasteiger partial charge in [-0.05, 0) is 40.8 Å². The molecule has 0 radical (unpaired) electrons. The summed E-state index contributed by atoms with van der Waals surface area (Å²) in [5.41, 5.74) is 0.340. The molecular formula is C23H19F5O. The molecule has 29 heavy (non-hydrogen) atoms. The fourth-order valence-electron chi connectivity index (χ4n) is 3.30. The van der Waals surface area contributed by atoms with Crippen molar-refractivity contribution in [3.05, 3.63) is 77.1 Å². The number of hydrogen-bond donors (Lipinski definition) is 0. The molecule has 0 atom stereocenters. The summed E-state index contributed by atoms with van der Waals surface area (Å²) in [7, 11) is 1.20. The fourth-order valence-corrected chi connectivity index (χ4v) is 3.30. The maximum atomic E-state index is 14.5. The quantitative estimate of drug-likeness (QED) is 0.389. The van der Waals surface area contributed by atoms with E-state index in [9.17, 15) is 22.0 Å². The van der Waals surface area contributed by atoms with Gasteiger partial charge in [0.05, 0.1) is 12.7 Å². The second-order valence-corrected chi connectivity index (χ2v) is 6.57. The van der Waals surface area contributed by atoms with Gasteiger partial charge < -0.3 is 4.74 Å². The maximum Gasteiger partial charge on any atom is 0.267 e. The van der Waals surface area contributed by atoms with Crippen LogP contribution in [-0.4, -0.2) is 7.11 Å². The molecule has 0 amide bonds. The number of hydrogen-bond acceptors (Lipinski definition) is 1. The van der Waals surface area contributed by atoms with Gasteiger partial charge in [-0.3, -0.25) is 0 Å². The minimum Gasteiger partial charge on any atom is -0.494 e. The van der Waals surface area contributed by atoms with Crippen LogP contribution in [0, 0.1) is 17.5 Å². The minimum atomic E-state index is -3.04. The zero-order chi connectivity index (χ0) is 21.1. The Morgan fingerprint density at radius 3 is 1.90 bits per heavy atom. The van der Waals surface area contributed by atoms with Gasteiger partial charge in [-0.25, -0.2) is 22.0 Å². The first-order valence-corrected chi connectivity index (χ1v) is 9.11. The summed E-state index contributed by atoms with van der Waals surface area (Å²) >= 11 is 0. The summed E-state index contributed by atoms with van der Waals surface area (Å²) in [4.78, 5) is 0. The van der Waals surface area contributed by atoms with E-state index in [2.05, 4.69) is 0 Å². The summed E-state index contributed by atoms with van der Waals surface area (Å²) in [6, 6.07) is 11.6. The normalized spacial score (nSPS) is 11.2. The molecule has 0 bridgehead atoms. The summed E-state index contributed by atoms with van der Waals surface area (Å²) < 4.78 is 74.7. The van der Waals surface area contributed by atoms with E-state index in [0.29, 0.717) is 29.5 Å². The summed E-state index contributed by atoms with van der Waals surface area (Å²) in [6.45, 7) is 1.87. The van der Waals surface area contributed by atoms with E-state index in [1.54, 1.807) is 6.07 Å². The van der Waals surface area contributed by atoms with E-state index in [1.807, 2.05) is 6.92 Å². The lowest BCUT2D eigenvalue weighted by atomic mass is 9.95. The molecule has 1 nitrogen and oxygen atoms in total. The van der Waals surface area contributed by atoms with Gasteiger partial charge in [0.1, 0.15) is 0 Å². The zero-order valence-corrected chi connectivity index (χ0v) is 15.9. The molecule has 0 spiro atoms. The lowest BCUT2D eigenvalue weighted by molar-refractivity contribution is 0.146. The van der Waals surface area contributed by atoms with Crippen LogP contribution >= 0.6 is 0 Å². The first-order valence-electron chi connectivity index (χ1n) is 9.11. The standard InChI is InChI=1S/C23H19F5O/c1-3-4-15-9-10-17(21(25)20(15)24)14-7-5-13(6-8-14)16-11-12-18(29-2)22(26)19(16)23(27)28/h5-12,23H,3-4H2,1-2H3. The highest BCUT2D eigenvalue weighted by Crippen LogP contribution is 2.38. The largest absolute Gasteiger partial charge is 0.494 e. The molecule has 6 heteroatoms. The summed E-state index contributed by atoms with van der Waals surface area (Å²) in [6.07, 6.45) is -1.92. The smallest absolute Gasteiger partial charge is 0.267 e. The molecule has 0 saturated heterocycles. The number of rotatable bonds is 6. The lowest BCUT2D eigenvalue weighted by Crippen LogP contribution is -1.99. The Kier molecular flexibility index (Phi) is 6.20. The Morgan fingerprint density at radius 1 is 0.759 bits per heavy atom. The molecule has 3 aromatic rings. The number of aryl methyl sites for hydroxylation is 1. The molecule has 0 heterocycles. The van der Waals surface area contributed by atoms with Gasteiger partial charge in [0.2, 0.25) is 0 Å². The Hall–Kier alpha value is -2.89. The second kappa shape index (κ2) is 8.64. The van der Waals surface area contributed by atoms with Crippen LogP contribution in [-0.2, 0) is 6.42 Å². The molecule has 0 unspecified atom stereocenters. The van der Waals surface area contributed by atoms with E-state index >= 15 is 0 Å². The van der Waals surface area contributed by atoms with Crippen LogP contribution in [0.25, 0.3) is 22.3 Å². The van der Waals surface area contributed by atoms with Gasteiger partial charge in [0.15, 0.2) is 23.2 Å².